The monoisotopic (exact) mass is 331 g/mol. The van der Waals surface area contributed by atoms with Crippen LogP contribution in [0.25, 0.3) is 28.2 Å². The van der Waals surface area contributed by atoms with Crippen LogP contribution < -0.4 is 0 Å². The Hall–Kier alpha value is -3.08. The number of aromatic nitrogens is 5. The summed E-state index contributed by atoms with van der Waals surface area (Å²) in [5, 5.41) is 9.74. The van der Waals surface area contributed by atoms with Crippen LogP contribution in [-0.2, 0) is 6.42 Å². The molecule has 2 N–H and O–H groups in total. The van der Waals surface area contributed by atoms with Gasteiger partial charge in [-0.25, -0.2) is 10.2 Å². The first-order valence-electron chi connectivity index (χ1n) is 8.59. The summed E-state index contributed by atoms with van der Waals surface area (Å²) in [5.41, 5.74) is 6.13. The highest BCUT2D eigenvalue weighted by Crippen LogP contribution is 2.29. The molecule has 0 aliphatic carbocycles. The molecule has 0 saturated heterocycles. The Bertz CT molecular complexity index is 963. The van der Waals surface area contributed by atoms with Crippen molar-refractivity contribution >= 4 is 0 Å². The lowest BCUT2D eigenvalue weighted by atomic mass is 9.95. The quantitative estimate of drug-likeness (QED) is 0.565. The number of H-pyrrole nitrogens is 2. The zero-order chi connectivity index (χ0) is 17.2. The van der Waals surface area contributed by atoms with Crippen molar-refractivity contribution < 1.29 is 0 Å². The van der Waals surface area contributed by atoms with Crippen molar-refractivity contribution in [1.82, 2.24) is 25.0 Å². The normalized spacial score (nSPS) is 11.1. The summed E-state index contributed by atoms with van der Waals surface area (Å²) < 4.78 is 2.12. The minimum absolute atomic E-state index is 0.881. The fraction of sp³-hybridized carbons (Fsp3) is 0.200. The molecule has 25 heavy (non-hydrogen) atoms. The molecule has 0 aliphatic heterocycles. The second kappa shape index (κ2) is 6.43. The number of aromatic amines is 2. The Kier molecular flexibility index (Phi) is 3.98. The highest BCUT2D eigenvalue weighted by molar-refractivity contribution is 5.71. The lowest BCUT2D eigenvalue weighted by molar-refractivity contribution is 0.779. The van der Waals surface area contributed by atoms with Crippen LogP contribution in [0, 0.1) is 6.92 Å². The van der Waals surface area contributed by atoms with Crippen LogP contribution in [0.4, 0.5) is 0 Å². The molecule has 4 aromatic rings. The summed E-state index contributed by atoms with van der Waals surface area (Å²) in [4.78, 5) is 4.33. The zero-order valence-corrected chi connectivity index (χ0v) is 14.5. The number of rotatable bonds is 5. The number of imidazole rings is 1. The second-order valence-electron chi connectivity index (χ2n) is 6.21. The van der Waals surface area contributed by atoms with E-state index in [0.29, 0.717) is 0 Å². The van der Waals surface area contributed by atoms with Crippen LogP contribution in [-0.4, -0.2) is 25.0 Å². The molecule has 126 valence electrons. The van der Waals surface area contributed by atoms with Gasteiger partial charge in [-0.3, -0.25) is 5.10 Å². The maximum Gasteiger partial charge on any atom is 0.174 e. The van der Waals surface area contributed by atoms with E-state index in [-0.39, 0.29) is 0 Å². The van der Waals surface area contributed by atoms with E-state index in [2.05, 4.69) is 74.4 Å². The van der Waals surface area contributed by atoms with Gasteiger partial charge < -0.3 is 4.57 Å². The number of hydrogen-bond acceptors (Lipinski definition) is 2. The van der Waals surface area contributed by atoms with Gasteiger partial charge in [0.25, 0.3) is 0 Å². The van der Waals surface area contributed by atoms with Gasteiger partial charge >= 0.3 is 0 Å². The smallest absolute Gasteiger partial charge is 0.174 e. The first-order valence-corrected chi connectivity index (χ1v) is 8.59. The van der Waals surface area contributed by atoms with E-state index in [0.717, 1.165) is 35.7 Å². The molecular formula is C20H21N5. The van der Waals surface area contributed by atoms with Crippen molar-refractivity contribution in [3.05, 3.63) is 66.2 Å². The molecule has 0 radical (unpaired) electrons. The minimum atomic E-state index is 0.881. The van der Waals surface area contributed by atoms with Gasteiger partial charge in [-0.15, -0.1) is 5.10 Å². The lowest BCUT2D eigenvalue weighted by Gasteiger charge is -2.14. The van der Waals surface area contributed by atoms with Crippen molar-refractivity contribution in [3.8, 4) is 28.2 Å². The van der Waals surface area contributed by atoms with Gasteiger partial charge in [-0.2, -0.15) is 0 Å². The van der Waals surface area contributed by atoms with Gasteiger partial charge in [-0.1, -0.05) is 43.7 Å². The van der Waals surface area contributed by atoms with Crippen molar-refractivity contribution in [3.63, 3.8) is 0 Å². The number of nitrogens with zero attached hydrogens (tertiary/aromatic N) is 3. The fourth-order valence-corrected chi connectivity index (χ4v) is 3.19. The van der Waals surface area contributed by atoms with Crippen LogP contribution >= 0.6 is 0 Å². The molecule has 5 nitrogen and oxygen atoms in total. The van der Waals surface area contributed by atoms with Crippen LogP contribution in [0.1, 0.15) is 24.7 Å². The molecule has 2 heterocycles. The maximum atomic E-state index is 4.33. The summed E-state index contributed by atoms with van der Waals surface area (Å²) in [7, 11) is 0. The van der Waals surface area contributed by atoms with Crippen LogP contribution in [0.3, 0.4) is 0 Å². The van der Waals surface area contributed by atoms with Gasteiger partial charge in [0.15, 0.2) is 5.82 Å². The van der Waals surface area contributed by atoms with Gasteiger partial charge in [0.1, 0.15) is 5.82 Å². The summed E-state index contributed by atoms with van der Waals surface area (Å²) >= 11 is 0. The molecule has 0 atom stereocenters. The summed E-state index contributed by atoms with van der Waals surface area (Å²) in [6, 6.07) is 15.2. The molecule has 2 aromatic heterocycles. The van der Waals surface area contributed by atoms with E-state index in [1.54, 1.807) is 0 Å². The molecule has 0 unspecified atom stereocenters. The SMILES string of the molecule is CCCc1cc(-n2ccnc2C)ccc1-c1ccc(-c2n[nH][nH]2)cc1. The Labute approximate surface area is 146 Å². The van der Waals surface area contributed by atoms with E-state index in [4.69, 9.17) is 0 Å². The zero-order valence-electron chi connectivity index (χ0n) is 14.5. The van der Waals surface area contributed by atoms with E-state index in [1.165, 1.54) is 16.7 Å². The summed E-state index contributed by atoms with van der Waals surface area (Å²) in [6.07, 6.45) is 6.02. The highest BCUT2D eigenvalue weighted by Gasteiger charge is 2.09. The second-order valence-corrected chi connectivity index (χ2v) is 6.21. The van der Waals surface area contributed by atoms with Gasteiger partial charge in [0, 0.05) is 23.6 Å². The average Bonchev–Trinajstić information content (AvgIpc) is 3.01. The van der Waals surface area contributed by atoms with Crippen LogP contribution in [0.2, 0.25) is 0 Å². The van der Waals surface area contributed by atoms with E-state index in [9.17, 15) is 0 Å². The predicted molar refractivity (Wildman–Crippen MR) is 99.7 cm³/mol. The van der Waals surface area contributed by atoms with Crippen LogP contribution in [0.5, 0.6) is 0 Å². The first-order chi connectivity index (χ1) is 12.3. The van der Waals surface area contributed by atoms with Crippen molar-refractivity contribution in [1.29, 1.82) is 0 Å². The molecule has 4 rings (SSSR count). The molecule has 0 aliphatic rings. The third kappa shape index (κ3) is 2.89. The fourth-order valence-electron chi connectivity index (χ4n) is 3.19. The maximum absolute atomic E-state index is 4.33. The molecule has 5 heteroatoms. The van der Waals surface area contributed by atoms with E-state index < -0.39 is 0 Å². The molecule has 2 aromatic carbocycles. The van der Waals surface area contributed by atoms with Crippen molar-refractivity contribution in [2.45, 2.75) is 26.7 Å². The van der Waals surface area contributed by atoms with E-state index >= 15 is 0 Å². The predicted octanol–water partition coefficient (Wildman–Crippen LogP) is 4.52. The molecule has 0 bridgehead atoms. The average molecular weight is 331 g/mol. The Balaban J connectivity index is 1.73. The summed E-state index contributed by atoms with van der Waals surface area (Å²) in [5.74, 6) is 1.88. The molecule has 0 amide bonds. The number of nitrogens with one attached hydrogen (secondary N) is 2. The Morgan fingerprint density at radius 3 is 2.40 bits per heavy atom. The van der Waals surface area contributed by atoms with Gasteiger partial charge in [0.05, 0.1) is 0 Å². The van der Waals surface area contributed by atoms with Crippen LogP contribution in [0.15, 0.2) is 54.9 Å². The molecule has 0 spiro atoms. The number of hydrogen-bond donors (Lipinski definition) is 2. The topological polar surface area (TPSA) is 62.3 Å². The van der Waals surface area contributed by atoms with Crippen molar-refractivity contribution in [2.75, 3.05) is 0 Å². The number of benzene rings is 2. The van der Waals surface area contributed by atoms with Crippen molar-refractivity contribution in [2.24, 2.45) is 0 Å². The molecular weight excluding hydrogens is 310 g/mol. The molecule has 0 saturated carbocycles. The standard InChI is InChI=1S/C20H21N5/c1-3-4-17-13-18(25-12-11-21-14(25)2)9-10-19(17)15-5-7-16(8-6-15)20-22-24-23-20/h5-13,24H,3-4H2,1-2H3,(H,22,23). The van der Waals surface area contributed by atoms with Gasteiger partial charge in [-0.05, 0) is 42.2 Å². The third-order valence-corrected chi connectivity index (χ3v) is 4.52. The Morgan fingerprint density at radius 1 is 1.04 bits per heavy atom. The Morgan fingerprint density at radius 2 is 1.80 bits per heavy atom. The highest BCUT2D eigenvalue weighted by atomic mass is 15.4. The first kappa shape index (κ1) is 15.4. The minimum Gasteiger partial charge on any atom is -0.304 e. The third-order valence-electron chi connectivity index (χ3n) is 4.52. The lowest BCUT2D eigenvalue weighted by Crippen LogP contribution is -2.00. The largest absolute Gasteiger partial charge is 0.304 e. The number of aryl methyl sites for hydroxylation is 2. The molecule has 0 fully saturated rings. The summed E-state index contributed by atoms with van der Waals surface area (Å²) in [6.45, 7) is 4.24. The van der Waals surface area contributed by atoms with Gasteiger partial charge in [0.2, 0.25) is 0 Å². The van der Waals surface area contributed by atoms with E-state index in [1.807, 2.05) is 19.3 Å².